The van der Waals surface area contributed by atoms with E-state index in [2.05, 4.69) is 28.1 Å². The largest absolute Gasteiger partial charge is 0.457 e. The molecule has 0 saturated carbocycles. The maximum atomic E-state index is 12.5. The van der Waals surface area contributed by atoms with Gasteiger partial charge in [0.25, 0.3) is 0 Å². The number of fused-ring (bicyclic) bond motifs is 2. The van der Waals surface area contributed by atoms with Gasteiger partial charge in [0.15, 0.2) is 5.78 Å². The van der Waals surface area contributed by atoms with Gasteiger partial charge in [0.2, 0.25) is 0 Å². The van der Waals surface area contributed by atoms with Gasteiger partial charge in [-0.15, -0.1) is 0 Å². The number of carbonyl (C=O) groups is 2. The zero-order chi connectivity index (χ0) is 14.8. The summed E-state index contributed by atoms with van der Waals surface area (Å²) in [7, 11) is 0. The topological polar surface area (TPSA) is 43.4 Å². The fourth-order valence-electron chi connectivity index (χ4n) is 4.16. The van der Waals surface area contributed by atoms with Crippen LogP contribution in [0, 0.1) is 5.41 Å². The lowest BCUT2D eigenvalue weighted by Crippen LogP contribution is -2.51. The molecular formula is C17H15BrO3. The summed E-state index contributed by atoms with van der Waals surface area (Å²) >= 11 is 3.44. The van der Waals surface area contributed by atoms with Crippen LogP contribution in [0.3, 0.4) is 0 Å². The number of benzene rings is 1. The van der Waals surface area contributed by atoms with Crippen molar-refractivity contribution in [3.63, 3.8) is 0 Å². The predicted molar refractivity (Wildman–Crippen MR) is 80.8 cm³/mol. The molecule has 4 aliphatic rings. The minimum atomic E-state index is -0.677. The number of rotatable bonds is 1. The van der Waals surface area contributed by atoms with Crippen LogP contribution in [0.5, 0.6) is 0 Å². The predicted octanol–water partition coefficient (Wildman–Crippen LogP) is 3.53. The average Bonchev–Trinajstić information content (AvgIpc) is 2.86. The minimum Gasteiger partial charge on any atom is -0.457 e. The Morgan fingerprint density at radius 3 is 2.62 bits per heavy atom. The highest BCUT2D eigenvalue weighted by atomic mass is 79.9. The van der Waals surface area contributed by atoms with Crippen LogP contribution >= 0.6 is 15.9 Å². The van der Waals surface area contributed by atoms with Gasteiger partial charge < -0.3 is 4.74 Å². The van der Waals surface area contributed by atoms with E-state index in [9.17, 15) is 9.59 Å². The molecule has 2 heterocycles. The van der Waals surface area contributed by atoms with Gasteiger partial charge in [0.05, 0.1) is 5.41 Å². The van der Waals surface area contributed by atoms with E-state index < -0.39 is 5.41 Å². The van der Waals surface area contributed by atoms with Gasteiger partial charge in [-0.1, -0.05) is 28.1 Å². The Morgan fingerprint density at radius 2 is 1.90 bits per heavy atom. The van der Waals surface area contributed by atoms with E-state index in [4.69, 9.17) is 4.74 Å². The van der Waals surface area contributed by atoms with Crippen molar-refractivity contribution in [1.82, 2.24) is 0 Å². The second kappa shape index (κ2) is 4.29. The first kappa shape index (κ1) is 13.3. The highest BCUT2D eigenvalue weighted by molar-refractivity contribution is 9.10. The molecule has 5 rings (SSSR count). The number of ether oxygens (including phenoxy) is 1. The molecule has 4 heteroatoms. The zero-order valence-electron chi connectivity index (χ0n) is 11.7. The Kier molecular flexibility index (Phi) is 2.71. The highest BCUT2D eigenvalue weighted by Gasteiger charge is 2.59. The molecule has 0 amide bonds. The average molecular weight is 347 g/mol. The van der Waals surface area contributed by atoms with Gasteiger partial charge in [-0.25, -0.2) is 0 Å². The van der Waals surface area contributed by atoms with Crippen molar-refractivity contribution < 1.29 is 14.3 Å². The quantitative estimate of drug-likeness (QED) is 0.730. The number of hydrogen-bond donors (Lipinski definition) is 0. The van der Waals surface area contributed by atoms with E-state index in [-0.39, 0.29) is 23.8 Å². The summed E-state index contributed by atoms with van der Waals surface area (Å²) in [4.78, 5) is 24.6. The number of ketones is 1. The molecule has 0 radical (unpaired) electrons. The lowest BCUT2D eigenvalue weighted by atomic mass is 9.60. The van der Waals surface area contributed by atoms with Crippen LogP contribution in [0.4, 0.5) is 0 Å². The van der Waals surface area contributed by atoms with Crippen LogP contribution in [0.15, 0.2) is 39.9 Å². The molecule has 1 saturated heterocycles. The number of carbonyl (C=O) groups excluding carboxylic acids is 2. The maximum absolute atomic E-state index is 12.5. The van der Waals surface area contributed by atoms with Crippen LogP contribution in [0.2, 0.25) is 0 Å². The molecule has 1 aromatic carbocycles. The normalized spacial score (nSPS) is 34.2. The molecule has 108 valence electrons. The van der Waals surface area contributed by atoms with Crippen molar-refractivity contribution in [3.05, 3.63) is 45.4 Å². The third kappa shape index (κ3) is 1.65. The Labute approximate surface area is 131 Å². The number of esters is 1. The summed E-state index contributed by atoms with van der Waals surface area (Å²) in [6.45, 7) is 1.95. The highest BCUT2D eigenvalue weighted by Crippen LogP contribution is 2.58. The standard InChI is InChI=1S/C17H15BrO3/c1-17-11-6-7-13(19)15(11)14(21-16(17)20)8-12(17)9-2-4-10(18)5-3-9/h2-5,12,14H,6-8H2,1H3/t12-,14?,17?/m0/s1. The van der Waals surface area contributed by atoms with Gasteiger partial charge in [-0.2, -0.15) is 0 Å². The Morgan fingerprint density at radius 1 is 1.19 bits per heavy atom. The van der Waals surface area contributed by atoms with Crippen LogP contribution in [-0.4, -0.2) is 17.9 Å². The molecule has 2 unspecified atom stereocenters. The Bertz CT molecular complexity index is 688. The van der Waals surface area contributed by atoms with E-state index in [1.54, 1.807) is 0 Å². The smallest absolute Gasteiger partial charge is 0.317 e. The SMILES string of the molecule is CC12C(=O)OC(C[C@H]1c1ccc(Br)cc1)C1=C2CCC1=O. The second-order valence-electron chi connectivity index (χ2n) is 6.25. The first-order valence-electron chi connectivity index (χ1n) is 7.25. The Hall–Kier alpha value is -1.42. The van der Waals surface area contributed by atoms with Crippen LogP contribution in [0.25, 0.3) is 0 Å². The lowest BCUT2D eigenvalue weighted by Gasteiger charge is -2.49. The fraction of sp³-hybridized carbons (Fsp3) is 0.412. The van der Waals surface area contributed by atoms with Gasteiger partial charge in [-0.05, 0) is 43.0 Å². The summed E-state index contributed by atoms with van der Waals surface area (Å²) in [5.41, 5.74) is 2.30. The summed E-state index contributed by atoms with van der Waals surface area (Å²) in [6.07, 6.45) is 1.62. The number of halogens is 1. The van der Waals surface area contributed by atoms with Gasteiger partial charge in [-0.3, -0.25) is 9.59 Å². The molecule has 1 aromatic rings. The third-order valence-electron chi connectivity index (χ3n) is 5.27. The van der Waals surface area contributed by atoms with E-state index in [1.807, 2.05) is 19.1 Å². The van der Waals surface area contributed by atoms with E-state index in [0.29, 0.717) is 19.3 Å². The lowest BCUT2D eigenvalue weighted by molar-refractivity contribution is -0.169. The minimum absolute atomic E-state index is 0.0986. The second-order valence-corrected chi connectivity index (χ2v) is 7.17. The van der Waals surface area contributed by atoms with E-state index in [1.165, 1.54) is 0 Å². The fourth-order valence-corrected chi connectivity index (χ4v) is 4.42. The van der Waals surface area contributed by atoms with Crippen molar-refractivity contribution in [2.24, 2.45) is 5.41 Å². The summed E-state index contributed by atoms with van der Waals surface area (Å²) in [5.74, 6) is 0.101. The van der Waals surface area contributed by atoms with Crippen molar-refractivity contribution in [1.29, 1.82) is 0 Å². The van der Waals surface area contributed by atoms with Gasteiger partial charge in [0, 0.05) is 22.4 Å². The van der Waals surface area contributed by atoms with Crippen molar-refractivity contribution in [3.8, 4) is 0 Å². The van der Waals surface area contributed by atoms with Crippen molar-refractivity contribution in [2.75, 3.05) is 0 Å². The monoisotopic (exact) mass is 346 g/mol. The molecule has 2 aliphatic heterocycles. The molecule has 2 bridgehead atoms. The van der Waals surface area contributed by atoms with Crippen LogP contribution < -0.4 is 0 Å². The molecule has 21 heavy (non-hydrogen) atoms. The third-order valence-corrected chi connectivity index (χ3v) is 5.80. The first-order chi connectivity index (χ1) is 10.0. The molecule has 1 fully saturated rings. The maximum Gasteiger partial charge on any atom is 0.317 e. The van der Waals surface area contributed by atoms with Gasteiger partial charge in [0.1, 0.15) is 6.10 Å². The van der Waals surface area contributed by atoms with Crippen molar-refractivity contribution >= 4 is 27.7 Å². The molecular weight excluding hydrogens is 332 g/mol. The van der Waals surface area contributed by atoms with Crippen LogP contribution in [0.1, 0.15) is 37.7 Å². The Balaban J connectivity index is 1.86. The van der Waals surface area contributed by atoms with E-state index in [0.717, 1.165) is 21.2 Å². The summed E-state index contributed by atoms with van der Waals surface area (Å²) < 4.78 is 6.55. The molecule has 3 nitrogen and oxygen atoms in total. The first-order valence-corrected chi connectivity index (χ1v) is 8.04. The zero-order valence-corrected chi connectivity index (χ0v) is 13.3. The summed E-state index contributed by atoms with van der Waals surface area (Å²) in [6, 6.07) is 8.12. The number of Topliss-reactive ketones (excluding diaryl/α,β-unsaturated/α-hetero) is 1. The molecule has 0 aromatic heterocycles. The molecule has 3 atom stereocenters. The summed E-state index contributed by atoms with van der Waals surface area (Å²) in [5, 5.41) is 0. The number of hydrogen-bond acceptors (Lipinski definition) is 3. The van der Waals surface area contributed by atoms with Crippen LogP contribution in [-0.2, 0) is 14.3 Å². The molecule has 2 aliphatic carbocycles. The molecule has 0 spiro atoms. The molecule has 0 N–H and O–H groups in total. The van der Waals surface area contributed by atoms with Gasteiger partial charge >= 0.3 is 5.97 Å². The van der Waals surface area contributed by atoms with Crippen molar-refractivity contribution in [2.45, 2.75) is 38.2 Å². The van der Waals surface area contributed by atoms with E-state index >= 15 is 0 Å².